The SMILES string of the molecule is C=CCCCC[C@H](N)C(=O)O.CCCC=C[C@@H](N)C(=O)O. The number of carboxylic acids is 2. The van der Waals surface area contributed by atoms with Crippen LogP contribution in [0, 0.1) is 0 Å². The first-order valence-electron chi connectivity index (χ1n) is 7.11. The smallest absolute Gasteiger partial charge is 0.324 e. The summed E-state index contributed by atoms with van der Waals surface area (Å²) in [5.41, 5.74) is 10.4. The van der Waals surface area contributed by atoms with Gasteiger partial charge in [-0.05, 0) is 25.7 Å². The van der Waals surface area contributed by atoms with Gasteiger partial charge in [0, 0.05) is 0 Å². The minimum atomic E-state index is -0.979. The van der Waals surface area contributed by atoms with E-state index in [0.717, 1.165) is 32.1 Å². The summed E-state index contributed by atoms with van der Waals surface area (Å²) in [4.78, 5) is 20.3. The molecule has 0 spiro atoms. The molecule has 6 nitrogen and oxygen atoms in total. The Morgan fingerprint density at radius 2 is 1.76 bits per heavy atom. The largest absolute Gasteiger partial charge is 0.480 e. The van der Waals surface area contributed by atoms with Gasteiger partial charge in [0.1, 0.15) is 12.1 Å². The van der Waals surface area contributed by atoms with Gasteiger partial charge in [-0.15, -0.1) is 6.58 Å². The van der Waals surface area contributed by atoms with Crippen molar-refractivity contribution in [1.82, 2.24) is 0 Å². The monoisotopic (exact) mass is 300 g/mol. The maximum Gasteiger partial charge on any atom is 0.324 e. The molecular formula is C15H28N2O4. The molecule has 6 heteroatoms. The van der Waals surface area contributed by atoms with E-state index in [1.54, 1.807) is 6.08 Å². The van der Waals surface area contributed by atoms with Gasteiger partial charge < -0.3 is 21.7 Å². The van der Waals surface area contributed by atoms with Gasteiger partial charge in [0.25, 0.3) is 0 Å². The molecule has 0 bridgehead atoms. The van der Waals surface area contributed by atoms with E-state index in [2.05, 4.69) is 6.58 Å². The van der Waals surface area contributed by atoms with E-state index in [1.807, 2.05) is 13.0 Å². The zero-order valence-electron chi connectivity index (χ0n) is 12.7. The summed E-state index contributed by atoms with van der Waals surface area (Å²) in [5, 5.41) is 16.7. The average molecular weight is 300 g/mol. The van der Waals surface area contributed by atoms with Crippen molar-refractivity contribution in [2.45, 2.75) is 57.5 Å². The van der Waals surface area contributed by atoms with Crippen LogP contribution >= 0.6 is 0 Å². The van der Waals surface area contributed by atoms with Crippen molar-refractivity contribution in [3.8, 4) is 0 Å². The normalized spacial score (nSPS) is 13.1. The van der Waals surface area contributed by atoms with E-state index in [4.69, 9.17) is 21.7 Å². The van der Waals surface area contributed by atoms with Crippen LogP contribution in [-0.2, 0) is 9.59 Å². The summed E-state index contributed by atoms with van der Waals surface area (Å²) in [7, 11) is 0. The van der Waals surface area contributed by atoms with Crippen molar-refractivity contribution >= 4 is 11.9 Å². The molecule has 0 aromatic rings. The zero-order chi connectivity index (χ0) is 16.7. The van der Waals surface area contributed by atoms with E-state index in [-0.39, 0.29) is 0 Å². The van der Waals surface area contributed by atoms with Gasteiger partial charge in [0.15, 0.2) is 0 Å². The lowest BCUT2D eigenvalue weighted by atomic mass is 10.1. The number of unbranched alkanes of at least 4 members (excludes halogenated alkanes) is 3. The molecule has 0 amide bonds. The molecule has 0 radical (unpaired) electrons. The van der Waals surface area contributed by atoms with E-state index in [9.17, 15) is 9.59 Å². The van der Waals surface area contributed by atoms with Crippen molar-refractivity contribution in [3.05, 3.63) is 24.8 Å². The Morgan fingerprint density at radius 1 is 1.14 bits per heavy atom. The van der Waals surface area contributed by atoms with Crippen LogP contribution in [0.5, 0.6) is 0 Å². The number of aliphatic carboxylic acids is 2. The lowest BCUT2D eigenvalue weighted by Gasteiger charge is -2.03. The number of hydrogen-bond donors (Lipinski definition) is 4. The van der Waals surface area contributed by atoms with E-state index >= 15 is 0 Å². The van der Waals surface area contributed by atoms with E-state index in [1.165, 1.54) is 6.08 Å². The number of rotatable bonds is 10. The fourth-order valence-electron chi connectivity index (χ4n) is 1.27. The summed E-state index contributed by atoms with van der Waals surface area (Å²) in [6.07, 6.45) is 10.4. The van der Waals surface area contributed by atoms with Gasteiger partial charge in [-0.1, -0.05) is 38.0 Å². The van der Waals surface area contributed by atoms with Crippen molar-refractivity contribution in [2.24, 2.45) is 11.5 Å². The molecule has 6 N–H and O–H groups in total. The molecule has 0 aliphatic rings. The third kappa shape index (κ3) is 16.3. The van der Waals surface area contributed by atoms with Crippen LogP contribution in [-0.4, -0.2) is 34.2 Å². The van der Waals surface area contributed by atoms with Gasteiger partial charge in [-0.3, -0.25) is 9.59 Å². The summed E-state index contributed by atoms with van der Waals surface area (Å²) in [6.45, 7) is 5.59. The summed E-state index contributed by atoms with van der Waals surface area (Å²) < 4.78 is 0. The van der Waals surface area contributed by atoms with Crippen molar-refractivity contribution < 1.29 is 19.8 Å². The maximum atomic E-state index is 10.2. The number of carbonyl (C=O) groups is 2. The molecule has 0 saturated carbocycles. The first-order chi connectivity index (χ1) is 9.86. The molecule has 0 heterocycles. The molecule has 0 saturated heterocycles. The first kappa shape index (κ1) is 21.6. The van der Waals surface area contributed by atoms with Crippen LogP contribution in [0.1, 0.15) is 45.4 Å². The Kier molecular flexibility index (Phi) is 15.2. The van der Waals surface area contributed by atoms with Crippen LogP contribution in [0.3, 0.4) is 0 Å². The molecule has 0 rings (SSSR count). The van der Waals surface area contributed by atoms with Crippen LogP contribution < -0.4 is 11.5 Å². The second kappa shape index (κ2) is 14.7. The third-order valence-electron chi connectivity index (χ3n) is 2.57. The second-order valence-electron chi connectivity index (χ2n) is 4.60. The topological polar surface area (TPSA) is 127 Å². The fraction of sp³-hybridized carbons (Fsp3) is 0.600. The molecule has 21 heavy (non-hydrogen) atoms. The van der Waals surface area contributed by atoms with Gasteiger partial charge in [-0.2, -0.15) is 0 Å². The number of hydrogen-bond acceptors (Lipinski definition) is 4. The molecule has 0 aromatic carbocycles. The lowest BCUT2D eigenvalue weighted by Crippen LogP contribution is -2.29. The van der Waals surface area contributed by atoms with Crippen LogP contribution in [0.15, 0.2) is 24.8 Å². The third-order valence-corrected chi connectivity index (χ3v) is 2.57. The molecule has 0 unspecified atom stereocenters. The second-order valence-corrected chi connectivity index (χ2v) is 4.60. The van der Waals surface area contributed by atoms with E-state index < -0.39 is 24.0 Å². The van der Waals surface area contributed by atoms with Crippen molar-refractivity contribution in [3.63, 3.8) is 0 Å². The Balaban J connectivity index is 0. The molecule has 2 atom stereocenters. The molecular weight excluding hydrogens is 272 g/mol. The predicted octanol–water partition coefficient (Wildman–Crippen LogP) is 1.90. The maximum absolute atomic E-state index is 10.2. The van der Waals surface area contributed by atoms with Crippen LogP contribution in [0.2, 0.25) is 0 Å². The summed E-state index contributed by atoms with van der Waals surface area (Å²) >= 11 is 0. The minimum absolute atomic E-state index is 0.559. The number of allylic oxidation sites excluding steroid dienone is 2. The first-order valence-corrected chi connectivity index (χ1v) is 7.11. The quantitative estimate of drug-likeness (QED) is 0.360. The predicted molar refractivity (Wildman–Crippen MR) is 83.9 cm³/mol. The molecule has 122 valence electrons. The highest BCUT2D eigenvalue weighted by molar-refractivity contribution is 5.75. The van der Waals surface area contributed by atoms with Crippen LogP contribution in [0.25, 0.3) is 0 Å². The zero-order valence-corrected chi connectivity index (χ0v) is 12.7. The van der Waals surface area contributed by atoms with Gasteiger partial charge >= 0.3 is 11.9 Å². The van der Waals surface area contributed by atoms with Crippen molar-refractivity contribution in [1.29, 1.82) is 0 Å². The van der Waals surface area contributed by atoms with Crippen molar-refractivity contribution in [2.75, 3.05) is 0 Å². The Labute approximate surface area is 126 Å². The minimum Gasteiger partial charge on any atom is -0.480 e. The van der Waals surface area contributed by atoms with Gasteiger partial charge in [0.05, 0.1) is 0 Å². The molecule has 0 aliphatic carbocycles. The Morgan fingerprint density at radius 3 is 2.19 bits per heavy atom. The summed E-state index contributed by atoms with van der Waals surface area (Å²) in [6, 6.07) is -1.54. The Hall–Kier alpha value is -1.66. The highest BCUT2D eigenvalue weighted by Gasteiger charge is 2.09. The van der Waals surface area contributed by atoms with Gasteiger partial charge in [0.2, 0.25) is 0 Å². The molecule has 0 aliphatic heterocycles. The number of carboxylic acid groups (broad SMARTS) is 2. The standard InChI is InChI=1S/C8H15NO2.C7H13NO2/c1-2-3-4-5-6-7(9)8(10)11;1-2-3-4-5-6(8)7(9)10/h2,7H,1,3-6,9H2,(H,10,11);4-6H,2-3,8H2,1H3,(H,9,10)/t7-;6-/m01/s1. The molecule has 0 fully saturated rings. The highest BCUT2D eigenvalue weighted by atomic mass is 16.4. The number of nitrogens with two attached hydrogens (primary N) is 2. The lowest BCUT2D eigenvalue weighted by molar-refractivity contribution is -0.139. The Bertz CT molecular complexity index is 330. The van der Waals surface area contributed by atoms with Gasteiger partial charge in [-0.25, -0.2) is 0 Å². The van der Waals surface area contributed by atoms with E-state index in [0.29, 0.717) is 6.42 Å². The fourth-order valence-corrected chi connectivity index (χ4v) is 1.27. The van der Waals surface area contributed by atoms with Crippen LogP contribution in [0.4, 0.5) is 0 Å². The average Bonchev–Trinajstić information content (AvgIpc) is 2.44. The molecule has 0 aromatic heterocycles. The summed E-state index contributed by atoms with van der Waals surface area (Å²) in [5.74, 6) is -1.89. The highest BCUT2D eigenvalue weighted by Crippen LogP contribution is 2.02.